The van der Waals surface area contributed by atoms with Gasteiger partial charge in [0.15, 0.2) is 5.76 Å². The maximum absolute atomic E-state index is 12.1. The van der Waals surface area contributed by atoms with Crippen LogP contribution < -0.4 is 11.1 Å². The number of carbonyl (C=O) groups excluding carboxylic acids is 1. The van der Waals surface area contributed by atoms with Crippen LogP contribution in [0.3, 0.4) is 0 Å². The first-order chi connectivity index (χ1) is 9.61. The van der Waals surface area contributed by atoms with Gasteiger partial charge in [0.25, 0.3) is 5.91 Å². The van der Waals surface area contributed by atoms with E-state index < -0.39 is 0 Å². The molecule has 2 aromatic carbocycles. The summed E-state index contributed by atoms with van der Waals surface area (Å²) in [5.74, 6) is -0.0809. The Morgan fingerprint density at radius 1 is 1.10 bits per heavy atom. The second kappa shape index (κ2) is 4.90. The van der Waals surface area contributed by atoms with Crippen LogP contribution in [0.1, 0.15) is 10.6 Å². The molecule has 0 saturated carbocycles. The number of benzene rings is 2. The van der Waals surface area contributed by atoms with Gasteiger partial charge in [0.2, 0.25) is 0 Å². The minimum Gasteiger partial charge on any atom is -0.451 e. The lowest BCUT2D eigenvalue weighted by molar-refractivity contribution is 0.0998. The Bertz CT molecular complexity index is 778. The molecule has 1 heterocycles. The first-order valence-corrected chi connectivity index (χ1v) is 6.35. The third-order valence-corrected chi connectivity index (χ3v) is 3.12. The van der Waals surface area contributed by atoms with Gasteiger partial charge < -0.3 is 15.5 Å². The molecule has 0 unspecified atom stereocenters. The van der Waals surface area contributed by atoms with Crippen LogP contribution in [-0.4, -0.2) is 5.91 Å². The molecule has 1 amide bonds. The van der Waals surface area contributed by atoms with E-state index in [1.165, 1.54) is 0 Å². The molecule has 100 valence electrons. The second-order valence-corrected chi connectivity index (χ2v) is 4.81. The summed E-state index contributed by atoms with van der Waals surface area (Å²) in [5, 5.41) is 4.15. The minimum absolute atomic E-state index is 0.237. The lowest BCUT2D eigenvalue weighted by Gasteiger charge is -2.02. The summed E-state index contributed by atoms with van der Waals surface area (Å²) in [4.78, 5) is 12.1. The Balaban J connectivity index is 1.86. The maximum atomic E-state index is 12.1. The van der Waals surface area contributed by atoms with Gasteiger partial charge in [-0.25, -0.2) is 0 Å². The molecule has 0 aliphatic heterocycles. The van der Waals surface area contributed by atoms with Crippen LogP contribution in [0.2, 0.25) is 5.02 Å². The van der Waals surface area contributed by atoms with Crippen molar-refractivity contribution in [2.24, 2.45) is 0 Å². The van der Waals surface area contributed by atoms with Crippen LogP contribution in [0.5, 0.6) is 0 Å². The molecule has 5 heteroatoms. The van der Waals surface area contributed by atoms with Gasteiger partial charge in [0.1, 0.15) is 5.58 Å². The molecule has 4 nitrogen and oxygen atoms in total. The SMILES string of the molecule is Nc1ccc2oc(C(=O)Nc3ccc(Cl)cc3)cc2c1. The number of nitrogen functional groups attached to an aromatic ring is 1. The van der Waals surface area contributed by atoms with Gasteiger partial charge in [-0.2, -0.15) is 0 Å². The standard InChI is InChI=1S/C15H11ClN2O2/c16-10-1-4-12(5-2-10)18-15(19)14-8-9-7-11(17)3-6-13(9)20-14/h1-8H,17H2,(H,18,19). The van der Waals surface area contributed by atoms with Gasteiger partial charge in [0, 0.05) is 21.8 Å². The van der Waals surface area contributed by atoms with E-state index in [1.54, 1.807) is 48.5 Å². The number of nitrogens with two attached hydrogens (primary N) is 1. The number of rotatable bonds is 2. The van der Waals surface area contributed by atoms with E-state index in [2.05, 4.69) is 5.32 Å². The quantitative estimate of drug-likeness (QED) is 0.702. The maximum Gasteiger partial charge on any atom is 0.291 e. The molecule has 0 radical (unpaired) electrons. The monoisotopic (exact) mass is 286 g/mol. The van der Waals surface area contributed by atoms with Crippen LogP contribution >= 0.6 is 11.6 Å². The zero-order valence-corrected chi connectivity index (χ0v) is 11.1. The van der Waals surface area contributed by atoms with Crippen LogP contribution in [0, 0.1) is 0 Å². The molecule has 3 N–H and O–H groups in total. The molecule has 0 aliphatic carbocycles. The summed E-state index contributed by atoms with van der Waals surface area (Å²) < 4.78 is 5.49. The summed E-state index contributed by atoms with van der Waals surface area (Å²) in [6.07, 6.45) is 0. The highest BCUT2D eigenvalue weighted by Gasteiger charge is 2.12. The molecule has 0 aliphatic rings. The van der Waals surface area contributed by atoms with Crippen molar-refractivity contribution in [3.63, 3.8) is 0 Å². The van der Waals surface area contributed by atoms with E-state index in [0.29, 0.717) is 22.0 Å². The summed E-state index contributed by atoms with van der Waals surface area (Å²) in [6.45, 7) is 0. The highest BCUT2D eigenvalue weighted by Crippen LogP contribution is 2.22. The highest BCUT2D eigenvalue weighted by atomic mass is 35.5. The number of hydrogen-bond acceptors (Lipinski definition) is 3. The lowest BCUT2D eigenvalue weighted by atomic mass is 10.2. The van der Waals surface area contributed by atoms with E-state index in [-0.39, 0.29) is 11.7 Å². The van der Waals surface area contributed by atoms with Gasteiger partial charge >= 0.3 is 0 Å². The van der Waals surface area contributed by atoms with Crippen molar-refractivity contribution < 1.29 is 9.21 Å². The van der Waals surface area contributed by atoms with E-state index in [4.69, 9.17) is 21.8 Å². The average molecular weight is 287 g/mol. The number of amides is 1. The molecular weight excluding hydrogens is 276 g/mol. The second-order valence-electron chi connectivity index (χ2n) is 4.37. The van der Waals surface area contributed by atoms with Gasteiger partial charge in [-0.15, -0.1) is 0 Å². The average Bonchev–Trinajstić information content (AvgIpc) is 2.84. The molecule has 20 heavy (non-hydrogen) atoms. The first kappa shape index (κ1) is 12.6. The van der Waals surface area contributed by atoms with Gasteiger partial charge in [-0.1, -0.05) is 11.6 Å². The molecular formula is C15H11ClN2O2. The van der Waals surface area contributed by atoms with Crippen LogP contribution in [0.15, 0.2) is 52.9 Å². The molecule has 3 rings (SSSR count). The summed E-state index contributed by atoms with van der Waals surface area (Å²) in [7, 11) is 0. The number of fused-ring (bicyclic) bond motifs is 1. The van der Waals surface area contributed by atoms with E-state index in [0.717, 1.165) is 5.39 Å². The van der Waals surface area contributed by atoms with Gasteiger partial charge in [-0.3, -0.25) is 4.79 Å². The molecule has 0 spiro atoms. The Hall–Kier alpha value is -2.46. The largest absolute Gasteiger partial charge is 0.451 e. The van der Waals surface area contributed by atoms with Crippen LogP contribution in [0.4, 0.5) is 11.4 Å². The Kier molecular flexibility index (Phi) is 3.08. The van der Waals surface area contributed by atoms with Crippen molar-refractivity contribution in [2.75, 3.05) is 11.1 Å². The Labute approximate surface area is 120 Å². The fourth-order valence-electron chi connectivity index (χ4n) is 1.90. The predicted molar refractivity (Wildman–Crippen MR) is 80.0 cm³/mol. The normalized spacial score (nSPS) is 10.7. The summed E-state index contributed by atoms with van der Waals surface area (Å²) >= 11 is 5.79. The van der Waals surface area contributed by atoms with Crippen molar-refractivity contribution in [1.29, 1.82) is 0 Å². The van der Waals surface area contributed by atoms with E-state index in [9.17, 15) is 4.79 Å². The van der Waals surface area contributed by atoms with E-state index in [1.807, 2.05) is 0 Å². The van der Waals surface area contributed by atoms with Crippen LogP contribution in [-0.2, 0) is 0 Å². The zero-order valence-electron chi connectivity index (χ0n) is 10.4. The number of halogens is 1. The van der Waals surface area contributed by atoms with Crippen molar-refractivity contribution >= 4 is 39.9 Å². The fourth-order valence-corrected chi connectivity index (χ4v) is 2.03. The molecule has 0 bridgehead atoms. The summed E-state index contributed by atoms with van der Waals surface area (Å²) in [5.41, 5.74) is 7.60. The van der Waals surface area contributed by atoms with Crippen LogP contribution in [0.25, 0.3) is 11.0 Å². The number of anilines is 2. The lowest BCUT2D eigenvalue weighted by Crippen LogP contribution is -2.10. The van der Waals surface area contributed by atoms with Crippen molar-refractivity contribution in [3.05, 3.63) is 59.3 Å². The van der Waals surface area contributed by atoms with Crippen molar-refractivity contribution in [3.8, 4) is 0 Å². The molecule has 0 saturated heterocycles. The Morgan fingerprint density at radius 2 is 1.85 bits per heavy atom. The topological polar surface area (TPSA) is 68.3 Å². The number of furan rings is 1. The third-order valence-electron chi connectivity index (χ3n) is 2.87. The smallest absolute Gasteiger partial charge is 0.291 e. The predicted octanol–water partition coefficient (Wildman–Crippen LogP) is 3.92. The van der Waals surface area contributed by atoms with Gasteiger partial charge in [0.05, 0.1) is 0 Å². The molecule has 0 fully saturated rings. The molecule has 0 atom stereocenters. The Morgan fingerprint density at radius 3 is 2.60 bits per heavy atom. The van der Waals surface area contributed by atoms with E-state index >= 15 is 0 Å². The zero-order chi connectivity index (χ0) is 14.1. The first-order valence-electron chi connectivity index (χ1n) is 5.98. The third kappa shape index (κ3) is 2.46. The summed E-state index contributed by atoms with van der Waals surface area (Å²) in [6, 6.07) is 13.8. The highest BCUT2D eigenvalue weighted by molar-refractivity contribution is 6.30. The molecule has 3 aromatic rings. The molecule has 1 aromatic heterocycles. The van der Waals surface area contributed by atoms with Crippen molar-refractivity contribution in [2.45, 2.75) is 0 Å². The van der Waals surface area contributed by atoms with Crippen molar-refractivity contribution in [1.82, 2.24) is 0 Å². The number of nitrogens with one attached hydrogen (secondary N) is 1. The number of carbonyl (C=O) groups is 1. The van der Waals surface area contributed by atoms with Gasteiger partial charge in [-0.05, 0) is 48.5 Å². The fraction of sp³-hybridized carbons (Fsp3) is 0. The minimum atomic E-state index is -0.318. The number of hydrogen-bond donors (Lipinski definition) is 2.